The molecule has 92 valence electrons. The number of nitrogens with one attached hydrogen (secondary N) is 1. The molecule has 17 heavy (non-hydrogen) atoms. The van der Waals surface area contributed by atoms with Crippen LogP contribution < -0.4 is 5.32 Å². The first-order valence-electron chi connectivity index (χ1n) is 5.11. The number of aliphatic carboxylic acids is 1. The van der Waals surface area contributed by atoms with Crippen molar-refractivity contribution in [1.82, 2.24) is 0 Å². The van der Waals surface area contributed by atoms with Gasteiger partial charge in [0.2, 0.25) is 5.91 Å². The Balaban J connectivity index is 2.75. The third-order valence-electron chi connectivity index (χ3n) is 2.06. The van der Waals surface area contributed by atoms with Gasteiger partial charge in [-0.3, -0.25) is 9.59 Å². The SMILES string of the molecule is CC(=O)Nc1ccc(SC(C)(C)C(=O)O)cc1. The van der Waals surface area contributed by atoms with E-state index in [0.29, 0.717) is 5.69 Å². The van der Waals surface area contributed by atoms with Gasteiger partial charge in [-0.2, -0.15) is 0 Å². The minimum absolute atomic E-state index is 0.128. The van der Waals surface area contributed by atoms with Crippen molar-refractivity contribution in [3.8, 4) is 0 Å². The fourth-order valence-corrected chi connectivity index (χ4v) is 2.10. The topological polar surface area (TPSA) is 66.4 Å². The lowest BCUT2D eigenvalue weighted by Crippen LogP contribution is -2.26. The third-order valence-corrected chi connectivity index (χ3v) is 3.26. The number of carboxylic acid groups (broad SMARTS) is 1. The Hall–Kier alpha value is -1.49. The third kappa shape index (κ3) is 4.11. The molecule has 0 atom stereocenters. The van der Waals surface area contributed by atoms with Crippen LogP contribution in [0.25, 0.3) is 0 Å². The maximum atomic E-state index is 11.0. The Labute approximate surface area is 104 Å². The minimum atomic E-state index is -0.866. The van der Waals surface area contributed by atoms with E-state index in [0.717, 1.165) is 4.90 Å². The van der Waals surface area contributed by atoms with E-state index in [4.69, 9.17) is 5.11 Å². The Morgan fingerprint density at radius 1 is 1.24 bits per heavy atom. The van der Waals surface area contributed by atoms with Crippen molar-refractivity contribution in [3.05, 3.63) is 24.3 Å². The average molecular weight is 253 g/mol. The molecular formula is C12H15NO3S. The van der Waals surface area contributed by atoms with Gasteiger partial charge in [0.05, 0.1) is 0 Å². The number of carbonyl (C=O) groups is 2. The number of carbonyl (C=O) groups excluding carboxylic acids is 1. The molecule has 1 aromatic rings. The van der Waals surface area contributed by atoms with Crippen LogP contribution in [-0.2, 0) is 9.59 Å². The lowest BCUT2D eigenvalue weighted by molar-refractivity contribution is -0.138. The maximum absolute atomic E-state index is 11.0. The molecule has 4 nitrogen and oxygen atoms in total. The number of anilines is 1. The first kappa shape index (κ1) is 13.6. The number of hydrogen-bond donors (Lipinski definition) is 2. The van der Waals surface area contributed by atoms with Crippen LogP contribution in [0.3, 0.4) is 0 Å². The number of benzene rings is 1. The second-order valence-electron chi connectivity index (χ2n) is 4.12. The van der Waals surface area contributed by atoms with Crippen LogP contribution in [0.4, 0.5) is 5.69 Å². The zero-order valence-electron chi connectivity index (χ0n) is 9.98. The summed E-state index contributed by atoms with van der Waals surface area (Å²) in [7, 11) is 0. The van der Waals surface area contributed by atoms with Crippen molar-refractivity contribution in [2.45, 2.75) is 30.4 Å². The van der Waals surface area contributed by atoms with Gasteiger partial charge in [-0.1, -0.05) is 0 Å². The molecule has 0 saturated carbocycles. The van der Waals surface area contributed by atoms with E-state index < -0.39 is 10.7 Å². The van der Waals surface area contributed by atoms with E-state index in [2.05, 4.69) is 5.32 Å². The van der Waals surface area contributed by atoms with Crippen molar-refractivity contribution >= 4 is 29.3 Å². The Morgan fingerprint density at radius 3 is 2.18 bits per heavy atom. The van der Waals surface area contributed by atoms with E-state index in [1.54, 1.807) is 38.1 Å². The molecule has 1 rings (SSSR count). The lowest BCUT2D eigenvalue weighted by Gasteiger charge is -2.18. The molecule has 0 heterocycles. The zero-order chi connectivity index (χ0) is 13.1. The minimum Gasteiger partial charge on any atom is -0.480 e. The lowest BCUT2D eigenvalue weighted by atomic mass is 10.2. The fourth-order valence-electron chi connectivity index (χ4n) is 1.15. The van der Waals surface area contributed by atoms with E-state index >= 15 is 0 Å². The standard InChI is InChI=1S/C12H15NO3S/c1-8(14)13-9-4-6-10(7-5-9)17-12(2,3)11(15)16/h4-7H,1-3H3,(H,13,14)(H,15,16). The first-order chi connectivity index (χ1) is 7.81. The first-order valence-corrected chi connectivity index (χ1v) is 5.93. The van der Waals surface area contributed by atoms with E-state index in [-0.39, 0.29) is 5.91 Å². The highest BCUT2D eigenvalue weighted by molar-refractivity contribution is 8.01. The normalized spacial score (nSPS) is 11.0. The van der Waals surface area contributed by atoms with Crippen molar-refractivity contribution in [2.75, 3.05) is 5.32 Å². The molecule has 5 heteroatoms. The number of rotatable bonds is 4. The predicted molar refractivity (Wildman–Crippen MR) is 68.3 cm³/mol. The number of thioether (sulfide) groups is 1. The van der Waals surface area contributed by atoms with Gasteiger partial charge < -0.3 is 10.4 Å². The molecule has 2 N–H and O–H groups in total. The summed E-state index contributed by atoms with van der Waals surface area (Å²) in [6.07, 6.45) is 0. The molecule has 0 bridgehead atoms. The number of amides is 1. The molecule has 0 aliphatic heterocycles. The average Bonchev–Trinajstić information content (AvgIpc) is 2.19. The highest BCUT2D eigenvalue weighted by Gasteiger charge is 2.28. The molecule has 0 fully saturated rings. The highest BCUT2D eigenvalue weighted by atomic mass is 32.2. The maximum Gasteiger partial charge on any atom is 0.319 e. The van der Waals surface area contributed by atoms with Crippen molar-refractivity contribution in [2.24, 2.45) is 0 Å². The van der Waals surface area contributed by atoms with Crippen LogP contribution in [0.1, 0.15) is 20.8 Å². The summed E-state index contributed by atoms with van der Waals surface area (Å²) in [6.45, 7) is 4.75. The van der Waals surface area contributed by atoms with Gasteiger partial charge in [-0.05, 0) is 38.1 Å². The van der Waals surface area contributed by atoms with Crippen LogP contribution in [0, 0.1) is 0 Å². The predicted octanol–water partition coefficient (Wildman–Crippen LogP) is 2.60. The van der Waals surface area contributed by atoms with Gasteiger partial charge in [0, 0.05) is 17.5 Å². The van der Waals surface area contributed by atoms with Gasteiger partial charge in [-0.25, -0.2) is 0 Å². The molecule has 1 amide bonds. The largest absolute Gasteiger partial charge is 0.480 e. The monoisotopic (exact) mass is 253 g/mol. The molecule has 0 saturated heterocycles. The molecule has 0 spiro atoms. The number of carboxylic acids is 1. The van der Waals surface area contributed by atoms with Gasteiger partial charge >= 0.3 is 5.97 Å². The van der Waals surface area contributed by atoms with Crippen LogP contribution >= 0.6 is 11.8 Å². The van der Waals surface area contributed by atoms with E-state index in [1.807, 2.05) is 0 Å². The van der Waals surface area contributed by atoms with E-state index in [1.165, 1.54) is 18.7 Å². The highest BCUT2D eigenvalue weighted by Crippen LogP contribution is 2.33. The Bertz CT molecular complexity index is 426. The van der Waals surface area contributed by atoms with Gasteiger partial charge in [0.1, 0.15) is 4.75 Å². The van der Waals surface area contributed by atoms with E-state index in [9.17, 15) is 9.59 Å². The quantitative estimate of drug-likeness (QED) is 0.809. The number of hydrogen-bond acceptors (Lipinski definition) is 3. The summed E-state index contributed by atoms with van der Waals surface area (Å²) in [4.78, 5) is 22.6. The molecule has 0 aliphatic rings. The van der Waals surface area contributed by atoms with Crippen LogP contribution in [0.5, 0.6) is 0 Å². The summed E-state index contributed by atoms with van der Waals surface area (Å²) in [5.74, 6) is -0.982. The molecule has 0 aromatic heterocycles. The molecule has 1 aromatic carbocycles. The second kappa shape index (κ2) is 5.23. The van der Waals surface area contributed by atoms with Crippen LogP contribution in [0.15, 0.2) is 29.2 Å². The van der Waals surface area contributed by atoms with Gasteiger partial charge in [0.25, 0.3) is 0 Å². The summed E-state index contributed by atoms with van der Waals surface area (Å²) in [6, 6.07) is 7.09. The Morgan fingerprint density at radius 2 is 1.76 bits per heavy atom. The summed E-state index contributed by atoms with van der Waals surface area (Å²) in [5, 5.41) is 11.7. The van der Waals surface area contributed by atoms with Gasteiger partial charge in [0.15, 0.2) is 0 Å². The fraction of sp³-hybridized carbons (Fsp3) is 0.333. The zero-order valence-corrected chi connectivity index (χ0v) is 10.8. The molecule has 0 radical (unpaired) electrons. The molecule has 0 aliphatic carbocycles. The van der Waals surface area contributed by atoms with Crippen molar-refractivity contribution in [1.29, 1.82) is 0 Å². The summed E-state index contributed by atoms with van der Waals surface area (Å²) < 4.78 is -0.866. The smallest absolute Gasteiger partial charge is 0.319 e. The molecular weight excluding hydrogens is 238 g/mol. The van der Waals surface area contributed by atoms with Gasteiger partial charge in [-0.15, -0.1) is 11.8 Å². The summed E-state index contributed by atoms with van der Waals surface area (Å²) >= 11 is 1.27. The van der Waals surface area contributed by atoms with Crippen LogP contribution in [0.2, 0.25) is 0 Å². The Kier molecular flexibility index (Phi) is 4.17. The summed E-state index contributed by atoms with van der Waals surface area (Å²) in [5.41, 5.74) is 0.704. The second-order valence-corrected chi connectivity index (χ2v) is 5.82. The molecule has 0 unspecified atom stereocenters. The van der Waals surface area contributed by atoms with Crippen molar-refractivity contribution < 1.29 is 14.7 Å². The van der Waals surface area contributed by atoms with Crippen LogP contribution in [-0.4, -0.2) is 21.7 Å². The van der Waals surface area contributed by atoms with Crippen molar-refractivity contribution in [3.63, 3.8) is 0 Å².